The fourth-order valence-corrected chi connectivity index (χ4v) is 2.62. The Kier molecular flexibility index (Phi) is 6.43. The molecule has 0 bridgehead atoms. The van der Waals surface area contributed by atoms with Crippen molar-refractivity contribution < 1.29 is 13.0 Å². The van der Waals surface area contributed by atoms with Crippen molar-refractivity contribution in [3.05, 3.63) is 77.6 Å². The lowest BCUT2D eigenvalue weighted by Gasteiger charge is -2.05. The molecule has 0 fully saturated rings. The lowest BCUT2D eigenvalue weighted by atomic mass is 10.2. The van der Waals surface area contributed by atoms with E-state index in [2.05, 4.69) is 15.3 Å². The zero-order valence-electron chi connectivity index (χ0n) is 14.8. The van der Waals surface area contributed by atoms with Gasteiger partial charge in [-0.05, 0) is 51.1 Å². The summed E-state index contributed by atoms with van der Waals surface area (Å²) in [5.74, 6) is 0.652. The number of benzene rings is 2. The molecule has 0 radical (unpaired) electrons. The van der Waals surface area contributed by atoms with E-state index in [0.717, 1.165) is 22.6 Å². The third kappa shape index (κ3) is 6.27. The van der Waals surface area contributed by atoms with Gasteiger partial charge in [-0.15, -0.1) is 0 Å². The summed E-state index contributed by atoms with van der Waals surface area (Å²) in [4.78, 5) is 8.55. The SMILES string of the molecule is Cc1cc(C)nc(Nc2ccccc2)n1.Cc1ccc(S(=O)(=O)O)cc1. The van der Waals surface area contributed by atoms with Gasteiger partial charge < -0.3 is 5.32 Å². The van der Waals surface area contributed by atoms with Crippen LogP contribution in [0.1, 0.15) is 17.0 Å². The second kappa shape index (κ2) is 8.55. The van der Waals surface area contributed by atoms with E-state index >= 15 is 0 Å². The summed E-state index contributed by atoms with van der Waals surface area (Å²) in [7, 11) is -4.02. The fraction of sp³-hybridized carbons (Fsp3) is 0.158. The Hall–Kier alpha value is -2.77. The summed E-state index contributed by atoms with van der Waals surface area (Å²) < 4.78 is 29.6. The van der Waals surface area contributed by atoms with Crippen molar-refractivity contribution in [3.8, 4) is 0 Å². The number of nitrogens with one attached hydrogen (secondary N) is 1. The van der Waals surface area contributed by atoms with E-state index in [9.17, 15) is 8.42 Å². The number of aromatic nitrogens is 2. The molecule has 0 aliphatic rings. The van der Waals surface area contributed by atoms with Crippen LogP contribution in [0.2, 0.25) is 0 Å². The molecular weight excluding hydrogens is 350 g/mol. The van der Waals surface area contributed by atoms with E-state index in [1.54, 1.807) is 12.1 Å². The highest BCUT2D eigenvalue weighted by Crippen LogP contribution is 2.12. The van der Waals surface area contributed by atoms with E-state index < -0.39 is 10.1 Å². The minimum atomic E-state index is -4.02. The molecule has 0 saturated carbocycles. The normalized spacial score (nSPS) is 10.6. The molecule has 2 N–H and O–H groups in total. The molecule has 0 aliphatic heterocycles. The van der Waals surface area contributed by atoms with Gasteiger partial charge in [-0.25, -0.2) is 9.97 Å². The first-order chi connectivity index (χ1) is 12.2. The zero-order chi connectivity index (χ0) is 19.2. The maximum Gasteiger partial charge on any atom is 0.294 e. The molecule has 1 aromatic heterocycles. The molecule has 0 saturated heterocycles. The average Bonchev–Trinajstić information content (AvgIpc) is 2.55. The number of nitrogens with zero attached hydrogens (tertiary/aromatic N) is 2. The van der Waals surface area contributed by atoms with Crippen LogP contribution in [0.25, 0.3) is 0 Å². The van der Waals surface area contributed by atoms with Crippen molar-refractivity contribution in [2.45, 2.75) is 25.7 Å². The summed E-state index contributed by atoms with van der Waals surface area (Å²) in [5, 5.41) is 3.16. The summed E-state index contributed by atoms with van der Waals surface area (Å²) >= 11 is 0. The van der Waals surface area contributed by atoms with Crippen molar-refractivity contribution >= 4 is 21.8 Å². The van der Waals surface area contributed by atoms with Crippen molar-refractivity contribution in [1.29, 1.82) is 0 Å². The highest BCUT2D eigenvalue weighted by molar-refractivity contribution is 7.85. The fourth-order valence-electron chi connectivity index (χ4n) is 2.14. The van der Waals surface area contributed by atoms with Crippen molar-refractivity contribution in [1.82, 2.24) is 9.97 Å². The van der Waals surface area contributed by atoms with E-state index in [0.29, 0.717) is 5.95 Å². The van der Waals surface area contributed by atoms with Crippen LogP contribution < -0.4 is 5.32 Å². The molecule has 2 aromatic carbocycles. The molecule has 7 heteroatoms. The van der Waals surface area contributed by atoms with Gasteiger partial charge in [0.25, 0.3) is 10.1 Å². The van der Waals surface area contributed by atoms with E-state index in [4.69, 9.17) is 4.55 Å². The Balaban J connectivity index is 0.000000197. The van der Waals surface area contributed by atoms with Gasteiger partial charge in [0.05, 0.1) is 4.90 Å². The number of rotatable bonds is 3. The Morgan fingerprint density at radius 1 is 0.846 bits per heavy atom. The Bertz CT molecular complexity index is 937. The highest BCUT2D eigenvalue weighted by Gasteiger charge is 2.06. The second-order valence-electron chi connectivity index (χ2n) is 5.75. The van der Waals surface area contributed by atoms with Gasteiger partial charge >= 0.3 is 0 Å². The quantitative estimate of drug-likeness (QED) is 0.674. The van der Waals surface area contributed by atoms with E-state index in [1.165, 1.54) is 12.1 Å². The lowest BCUT2D eigenvalue weighted by Crippen LogP contribution is -1.99. The van der Waals surface area contributed by atoms with Crippen LogP contribution in [0.4, 0.5) is 11.6 Å². The number of hydrogen-bond donors (Lipinski definition) is 2. The molecule has 3 rings (SSSR count). The van der Waals surface area contributed by atoms with Crippen LogP contribution in [0.3, 0.4) is 0 Å². The predicted octanol–water partition coefficient (Wildman–Crippen LogP) is 4.08. The summed E-state index contributed by atoms with van der Waals surface area (Å²) in [6, 6.07) is 17.9. The van der Waals surface area contributed by atoms with E-state index in [1.807, 2.05) is 57.2 Å². The second-order valence-corrected chi connectivity index (χ2v) is 7.17. The molecular formula is C19H21N3O3S. The molecule has 0 amide bonds. The van der Waals surface area contributed by atoms with Gasteiger partial charge in [0.2, 0.25) is 5.95 Å². The lowest BCUT2D eigenvalue weighted by molar-refractivity contribution is 0.483. The van der Waals surface area contributed by atoms with Gasteiger partial charge in [-0.1, -0.05) is 35.9 Å². The van der Waals surface area contributed by atoms with Gasteiger partial charge in [0.1, 0.15) is 0 Å². The number of anilines is 2. The molecule has 136 valence electrons. The first kappa shape index (κ1) is 19.6. The first-order valence-corrected chi connectivity index (χ1v) is 9.36. The van der Waals surface area contributed by atoms with Crippen molar-refractivity contribution in [2.75, 3.05) is 5.32 Å². The number of aryl methyl sites for hydroxylation is 3. The van der Waals surface area contributed by atoms with Gasteiger partial charge in [0.15, 0.2) is 0 Å². The number of hydrogen-bond acceptors (Lipinski definition) is 5. The molecule has 0 atom stereocenters. The summed E-state index contributed by atoms with van der Waals surface area (Å²) in [6.45, 7) is 5.77. The molecule has 6 nitrogen and oxygen atoms in total. The highest BCUT2D eigenvalue weighted by atomic mass is 32.2. The molecule has 0 aliphatic carbocycles. The third-order valence-corrected chi connectivity index (χ3v) is 4.20. The molecule has 0 spiro atoms. The van der Waals surface area contributed by atoms with E-state index in [-0.39, 0.29) is 4.90 Å². The van der Waals surface area contributed by atoms with Crippen molar-refractivity contribution in [2.24, 2.45) is 0 Å². The van der Waals surface area contributed by atoms with Crippen LogP contribution in [0.15, 0.2) is 65.6 Å². The van der Waals surface area contributed by atoms with Crippen LogP contribution in [-0.2, 0) is 10.1 Å². The number of para-hydroxylation sites is 1. The standard InChI is InChI=1S/C12H13N3.C7H8O3S/c1-9-8-10(2)14-12(13-9)15-11-6-4-3-5-7-11;1-6-2-4-7(5-3-6)11(8,9)10/h3-8H,1-2H3,(H,13,14,15);2-5H,1H3,(H,8,9,10). The zero-order valence-corrected chi connectivity index (χ0v) is 15.7. The van der Waals surface area contributed by atoms with Crippen LogP contribution in [-0.4, -0.2) is 22.9 Å². The molecule has 3 aromatic rings. The summed E-state index contributed by atoms with van der Waals surface area (Å²) in [6.07, 6.45) is 0. The Labute approximate surface area is 153 Å². The average molecular weight is 371 g/mol. The van der Waals surface area contributed by atoms with Gasteiger partial charge in [-0.2, -0.15) is 8.42 Å². The van der Waals surface area contributed by atoms with Gasteiger partial charge in [-0.3, -0.25) is 4.55 Å². The maximum absolute atomic E-state index is 10.5. The Morgan fingerprint density at radius 2 is 1.38 bits per heavy atom. The van der Waals surface area contributed by atoms with Crippen molar-refractivity contribution in [3.63, 3.8) is 0 Å². The smallest absolute Gasteiger partial charge is 0.294 e. The third-order valence-electron chi connectivity index (χ3n) is 3.33. The predicted molar refractivity (Wildman–Crippen MR) is 102 cm³/mol. The Morgan fingerprint density at radius 3 is 1.88 bits per heavy atom. The molecule has 26 heavy (non-hydrogen) atoms. The van der Waals surface area contributed by atoms with Crippen LogP contribution in [0.5, 0.6) is 0 Å². The first-order valence-electron chi connectivity index (χ1n) is 7.92. The molecule has 0 unspecified atom stereocenters. The van der Waals surface area contributed by atoms with Gasteiger partial charge in [0, 0.05) is 17.1 Å². The molecule has 1 heterocycles. The minimum Gasteiger partial charge on any atom is -0.324 e. The minimum absolute atomic E-state index is 0.0666. The topological polar surface area (TPSA) is 92.2 Å². The van der Waals surface area contributed by atoms with Crippen LogP contribution in [0, 0.1) is 20.8 Å². The van der Waals surface area contributed by atoms with Crippen LogP contribution >= 0.6 is 0 Å². The summed E-state index contributed by atoms with van der Waals surface area (Å²) in [5.41, 5.74) is 3.90. The maximum atomic E-state index is 10.5. The largest absolute Gasteiger partial charge is 0.324 e. The monoisotopic (exact) mass is 371 g/mol.